The Morgan fingerprint density at radius 1 is 1.30 bits per heavy atom. The Bertz CT molecular complexity index is 886. The number of aromatic nitrogens is 1. The number of esters is 1. The van der Waals surface area contributed by atoms with Crippen molar-refractivity contribution in [2.45, 2.75) is 36.6 Å². The molecule has 30 heavy (non-hydrogen) atoms. The molecule has 1 unspecified atom stereocenters. The Labute approximate surface area is 184 Å². The summed E-state index contributed by atoms with van der Waals surface area (Å²) in [6.45, 7) is 2.85. The van der Waals surface area contributed by atoms with E-state index in [-0.39, 0.29) is 24.3 Å². The summed E-state index contributed by atoms with van der Waals surface area (Å²) in [5.74, 6) is 1.58. The molecule has 162 valence electrons. The van der Waals surface area contributed by atoms with E-state index in [0.717, 1.165) is 40.8 Å². The van der Waals surface area contributed by atoms with Crippen molar-refractivity contribution in [1.29, 1.82) is 0 Å². The van der Waals surface area contributed by atoms with Crippen molar-refractivity contribution in [2.75, 3.05) is 33.1 Å². The van der Waals surface area contributed by atoms with E-state index in [4.69, 9.17) is 14.2 Å². The molecule has 0 aliphatic carbocycles. The summed E-state index contributed by atoms with van der Waals surface area (Å²) < 4.78 is 16.6. The summed E-state index contributed by atoms with van der Waals surface area (Å²) in [7, 11) is 3.27. The highest BCUT2D eigenvalue weighted by Crippen LogP contribution is 2.39. The van der Waals surface area contributed by atoms with Crippen molar-refractivity contribution >= 4 is 35.0 Å². The Morgan fingerprint density at radius 2 is 2.13 bits per heavy atom. The summed E-state index contributed by atoms with van der Waals surface area (Å²) in [5.41, 5.74) is 1.65. The molecule has 9 heteroatoms. The number of nitrogens with zero attached hydrogens (tertiary/aromatic N) is 2. The molecule has 0 saturated carbocycles. The average molecular weight is 451 g/mol. The summed E-state index contributed by atoms with van der Waals surface area (Å²) in [6.07, 6.45) is 1.99. The van der Waals surface area contributed by atoms with Gasteiger partial charge in [-0.1, -0.05) is 11.8 Å². The van der Waals surface area contributed by atoms with Crippen LogP contribution in [0.1, 0.15) is 37.1 Å². The van der Waals surface area contributed by atoms with Crippen molar-refractivity contribution in [3.05, 3.63) is 34.8 Å². The van der Waals surface area contributed by atoms with Crippen LogP contribution in [0, 0.1) is 0 Å². The largest absolute Gasteiger partial charge is 0.497 e. The third-order valence-electron chi connectivity index (χ3n) is 4.85. The van der Waals surface area contributed by atoms with Crippen molar-refractivity contribution in [3.8, 4) is 11.5 Å². The first-order valence-corrected chi connectivity index (χ1v) is 11.7. The quantitative estimate of drug-likeness (QED) is 0.426. The van der Waals surface area contributed by atoms with Crippen LogP contribution in [0.25, 0.3) is 0 Å². The molecule has 1 amide bonds. The number of amides is 1. The minimum atomic E-state index is -0.289. The van der Waals surface area contributed by atoms with Crippen molar-refractivity contribution in [2.24, 2.45) is 0 Å². The van der Waals surface area contributed by atoms with Gasteiger partial charge in [0, 0.05) is 17.5 Å². The zero-order chi connectivity index (χ0) is 21.5. The number of rotatable bonds is 9. The number of ether oxygens (including phenoxy) is 3. The van der Waals surface area contributed by atoms with Crippen LogP contribution in [0.5, 0.6) is 11.5 Å². The summed E-state index contributed by atoms with van der Waals surface area (Å²) in [4.78, 5) is 30.9. The molecular formula is C21H26N2O5S2. The standard InChI is InChI=1S/C21H26N2O5S2/c1-4-28-20(25)10-14-12-29-21(22-14)30-13-19(24)23-9-5-6-17(23)16-11-15(26-2)7-8-18(16)27-3/h7-8,11-12,17H,4-6,9-10,13H2,1-3H3. The van der Waals surface area contributed by atoms with Gasteiger partial charge in [0.05, 0.1) is 44.7 Å². The van der Waals surface area contributed by atoms with Crippen molar-refractivity contribution < 1.29 is 23.8 Å². The van der Waals surface area contributed by atoms with E-state index >= 15 is 0 Å². The predicted molar refractivity (Wildman–Crippen MR) is 116 cm³/mol. The maximum absolute atomic E-state index is 13.0. The summed E-state index contributed by atoms with van der Waals surface area (Å²) in [6, 6.07) is 5.66. The van der Waals surface area contributed by atoms with E-state index < -0.39 is 0 Å². The molecule has 2 heterocycles. The molecule has 0 N–H and O–H groups in total. The van der Waals surface area contributed by atoms with Gasteiger partial charge in [-0.25, -0.2) is 4.98 Å². The highest BCUT2D eigenvalue weighted by molar-refractivity contribution is 8.01. The summed E-state index contributed by atoms with van der Waals surface area (Å²) in [5, 5.41) is 1.84. The van der Waals surface area contributed by atoms with Gasteiger partial charge in [-0.05, 0) is 38.0 Å². The Kier molecular flexibility index (Phi) is 7.98. The number of methoxy groups -OCH3 is 2. The third kappa shape index (κ3) is 5.46. The Hall–Kier alpha value is -2.26. The molecule has 1 fully saturated rings. The molecule has 0 spiro atoms. The molecule has 1 saturated heterocycles. The molecule has 3 rings (SSSR count). The van der Waals surface area contributed by atoms with E-state index in [1.165, 1.54) is 23.1 Å². The van der Waals surface area contributed by atoms with E-state index in [1.54, 1.807) is 21.1 Å². The van der Waals surface area contributed by atoms with Crippen LogP contribution in [-0.4, -0.2) is 54.9 Å². The topological polar surface area (TPSA) is 78.0 Å². The van der Waals surface area contributed by atoms with Gasteiger partial charge in [-0.15, -0.1) is 11.3 Å². The summed E-state index contributed by atoms with van der Waals surface area (Å²) >= 11 is 2.84. The third-order valence-corrected chi connectivity index (χ3v) is 6.90. The molecule has 1 atom stereocenters. The molecule has 1 aromatic heterocycles. The van der Waals surface area contributed by atoms with Gasteiger partial charge in [0.25, 0.3) is 0 Å². The van der Waals surface area contributed by atoms with Crippen LogP contribution in [0.3, 0.4) is 0 Å². The predicted octanol–water partition coefficient (Wildman–Crippen LogP) is 3.72. The maximum atomic E-state index is 13.0. The van der Waals surface area contributed by atoms with Gasteiger partial charge in [-0.2, -0.15) is 0 Å². The number of carbonyl (C=O) groups is 2. The van der Waals surface area contributed by atoms with Crippen molar-refractivity contribution in [3.63, 3.8) is 0 Å². The van der Waals surface area contributed by atoms with Crippen LogP contribution >= 0.6 is 23.1 Å². The zero-order valence-corrected chi connectivity index (χ0v) is 19.0. The second-order valence-corrected chi connectivity index (χ2v) is 8.81. The molecule has 1 aliphatic heterocycles. The van der Waals surface area contributed by atoms with Gasteiger partial charge in [0.2, 0.25) is 5.91 Å². The smallest absolute Gasteiger partial charge is 0.311 e. The van der Waals surface area contributed by atoms with Gasteiger partial charge in [0.1, 0.15) is 11.5 Å². The van der Waals surface area contributed by atoms with Gasteiger partial charge in [0.15, 0.2) is 4.34 Å². The fourth-order valence-corrected chi connectivity index (χ4v) is 5.22. The highest BCUT2D eigenvalue weighted by Gasteiger charge is 2.32. The number of hydrogen-bond donors (Lipinski definition) is 0. The van der Waals surface area contributed by atoms with E-state index in [1.807, 2.05) is 28.5 Å². The van der Waals surface area contributed by atoms with Crippen LogP contribution in [0.15, 0.2) is 27.9 Å². The van der Waals surface area contributed by atoms with Crippen LogP contribution in [0.4, 0.5) is 0 Å². The second-order valence-electron chi connectivity index (χ2n) is 6.73. The maximum Gasteiger partial charge on any atom is 0.311 e. The van der Waals surface area contributed by atoms with Crippen LogP contribution < -0.4 is 9.47 Å². The minimum Gasteiger partial charge on any atom is -0.497 e. The van der Waals surface area contributed by atoms with Crippen molar-refractivity contribution in [1.82, 2.24) is 9.88 Å². The number of thiazole rings is 1. The normalized spacial score (nSPS) is 15.8. The number of thioether (sulfide) groups is 1. The van der Waals surface area contributed by atoms with E-state index in [9.17, 15) is 9.59 Å². The highest BCUT2D eigenvalue weighted by atomic mass is 32.2. The first-order valence-electron chi connectivity index (χ1n) is 9.80. The molecule has 7 nitrogen and oxygen atoms in total. The molecule has 1 aliphatic rings. The fraction of sp³-hybridized carbons (Fsp3) is 0.476. The number of carbonyl (C=O) groups excluding carboxylic acids is 2. The molecular weight excluding hydrogens is 424 g/mol. The van der Waals surface area contributed by atoms with Crippen LogP contribution in [-0.2, 0) is 20.7 Å². The first-order chi connectivity index (χ1) is 14.5. The molecule has 0 bridgehead atoms. The van der Waals surface area contributed by atoms with Gasteiger partial charge >= 0.3 is 5.97 Å². The number of hydrogen-bond acceptors (Lipinski definition) is 8. The lowest BCUT2D eigenvalue weighted by Gasteiger charge is -2.26. The molecule has 2 aromatic rings. The average Bonchev–Trinajstić information content (AvgIpc) is 3.41. The minimum absolute atomic E-state index is 0.0289. The molecule has 1 aromatic carbocycles. The molecule has 0 radical (unpaired) electrons. The lowest BCUT2D eigenvalue weighted by atomic mass is 10.0. The number of benzene rings is 1. The van der Waals surface area contributed by atoms with Gasteiger partial charge in [-0.3, -0.25) is 9.59 Å². The Morgan fingerprint density at radius 3 is 2.87 bits per heavy atom. The Balaban J connectivity index is 1.63. The zero-order valence-electron chi connectivity index (χ0n) is 17.4. The monoisotopic (exact) mass is 450 g/mol. The van der Waals surface area contributed by atoms with Crippen LogP contribution in [0.2, 0.25) is 0 Å². The van der Waals surface area contributed by atoms with Gasteiger partial charge < -0.3 is 19.1 Å². The lowest BCUT2D eigenvalue weighted by Crippen LogP contribution is -2.32. The fourth-order valence-electron chi connectivity index (χ4n) is 3.49. The van der Waals surface area contributed by atoms with E-state index in [2.05, 4.69) is 4.98 Å². The van der Waals surface area contributed by atoms with E-state index in [0.29, 0.717) is 18.1 Å². The first kappa shape index (κ1) is 22.4. The second kappa shape index (κ2) is 10.7. The lowest BCUT2D eigenvalue weighted by molar-refractivity contribution is -0.142. The number of likely N-dealkylation sites (tertiary alicyclic amines) is 1. The SMILES string of the molecule is CCOC(=O)Cc1csc(SCC(=O)N2CCCC2c2cc(OC)ccc2OC)n1.